The fourth-order valence-electron chi connectivity index (χ4n) is 1.95. The van der Waals surface area contributed by atoms with E-state index in [0.717, 1.165) is 0 Å². The summed E-state index contributed by atoms with van der Waals surface area (Å²) in [6, 6.07) is 8.84. The van der Waals surface area contributed by atoms with Crippen LogP contribution in [0.15, 0.2) is 39.8 Å². The number of aromatic nitrogens is 1. The Morgan fingerprint density at radius 2 is 1.95 bits per heavy atom. The van der Waals surface area contributed by atoms with Crippen LogP contribution >= 0.6 is 0 Å². The van der Waals surface area contributed by atoms with Crippen LogP contribution in [0.5, 0.6) is 5.75 Å². The van der Waals surface area contributed by atoms with Crippen LogP contribution in [0.1, 0.15) is 18.4 Å². The van der Waals surface area contributed by atoms with Crippen LogP contribution in [-0.2, 0) is 10.0 Å². The molecule has 0 saturated heterocycles. The van der Waals surface area contributed by atoms with Crippen LogP contribution in [0.4, 0.5) is 0 Å². The van der Waals surface area contributed by atoms with Gasteiger partial charge in [-0.05, 0) is 32.9 Å². The zero-order valence-electron chi connectivity index (χ0n) is 12.2. The second-order valence-corrected chi connectivity index (χ2v) is 6.45. The molecule has 2 aromatic rings. The molecule has 0 aliphatic heterocycles. The van der Waals surface area contributed by atoms with Gasteiger partial charge in [-0.3, -0.25) is 0 Å². The van der Waals surface area contributed by atoms with E-state index in [2.05, 4.69) is 9.88 Å². The van der Waals surface area contributed by atoms with Crippen molar-refractivity contribution in [3.63, 3.8) is 0 Å². The number of benzene rings is 1. The summed E-state index contributed by atoms with van der Waals surface area (Å²) in [6.07, 6.45) is 0. The summed E-state index contributed by atoms with van der Waals surface area (Å²) in [5, 5.41) is 3.66. The average molecular weight is 310 g/mol. The minimum atomic E-state index is -3.67. The lowest BCUT2D eigenvalue weighted by Crippen LogP contribution is -2.37. The summed E-state index contributed by atoms with van der Waals surface area (Å²) in [5.41, 5.74) is 0.344. The maximum atomic E-state index is 12.3. The number of aryl methyl sites for hydroxylation is 2. The maximum Gasteiger partial charge on any atom is 0.246 e. The molecule has 21 heavy (non-hydrogen) atoms. The molecule has 0 radical (unpaired) electrons. The predicted molar refractivity (Wildman–Crippen MR) is 77.7 cm³/mol. The molecule has 0 fully saturated rings. The summed E-state index contributed by atoms with van der Waals surface area (Å²) >= 11 is 0. The van der Waals surface area contributed by atoms with Crippen LogP contribution in [-0.4, -0.2) is 26.2 Å². The molecule has 114 valence electrons. The molecule has 0 bridgehead atoms. The second kappa shape index (κ2) is 6.28. The van der Waals surface area contributed by atoms with E-state index >= 15 is 0 Å². The zero-order valence-corrected chi connectivity index (χ0v) is 13.0. The van der Waals surface area contributed by atoms with E-state index in [1.807, 2.05) is 30.3 Å². The Balaban J connectivity index is 2.00. The third kappa shape index (κ3) is 3.83. The molecule has 2 rings (SSSR count). The van der Waals surface area contributed by atoms with Crippen LogP contribution < -0.4 is 9.46 Å². The Hall–Kier alpha value is -1.86. The van der Waals surface area contributed by atoms with E-state index in [9.17, 15) is 8.42 Å². The largest absolute Gasteiger partial charge is 0.492 e. The highest BCUT2D eigenvalue weighted by atomic mass is 32.2. The number of rotatable bonds is 6. The first-order valence-corrected chi connectivity index (χ1v) is 8.01. The minimum Gasteiger partial charge on any atom is -0.492 e. The molecule has 1 aromatic carbocycles. The number of hydrogen-bond donors (Lipinski definition) is 1. The van der Waals surface area contributed by atoms with Gasteiger partial charge in [-0.25, -0.2) is 13.1 Å². The molecule has 1 aromatic heterocycles. The highest BCUT2D eigenvalue weighted by Crippen LogP contribution is 2.19. The summed E-state index contributed by atoms with van der Waals surface area (Å²) in [7, 11) is -3.67. The summed E-state index contributed by atoms with van der Waals surface area (Å²) in [6.45, 7) is 5.13. The minimum absolute atomic E-state index is 0.0917. The first-order chi connectivity index (χ1) is 9.90. The molecule has 6 nitrogen and oxygen atoms in total. The van der Waals surface area contributed by atoms with Crippen molar-refractivity contribution in [1.82, 2.24) is 9.88 Å². The quantitative estimate of drug-likeness (QED) is 0.883. The van der Waals surface area contributed by atoms with Crippen molar-refractivity contribution in [3.8, 4) is 5.75 Å². The summed E-state index contributed by atoms with van der Waals surface area (Å²) in [5.74, 6) is 0.970. The first-order valence-electron chi connectivity index (χ1n) is 6.53. The fourth-order valence-corrected chi connectivity index (χ4v) is 3.51. The highest BCUT2D eigenvalue weighted by molar-refractivity contribution is 7.89. The molecule has 1 N–H and O–H groups in total. The topological polar surface area (TPSA) is 81.4 Å². The monoisotopic (exact) mass is 310 g/mol. The number of para-hydroxylation sites is 1. The Kier molecular flexibility index (Phi) is 4.64. The number of hydrogen-bond acceptors (Lipinski definition) is 5. The Bertz CT molecular complexity index is 676. The molecule has 0 aliphatic carbocycles. The third-order valence-electron chi connectivity index (χ3n) is 2.84. The maximum absolute atomic E-state index is 12.3. The van der Waals surface area contributed by atoms with Gasteiger partial charge in [0.2, 0.25) is 10.0 Å². The highest BCUT2D eigenvalue weighted by Gasteiger charge is 2.25. The van der Waals surface area contributed by atoms with Gasteiger partial charge in [-0.2, -0.15) is 0 Å². The fraction of sp³-hybridized carbons (Fsp3) is 0.357. The molecule has 0 spiro atoms. The Labute approximate surface area is 124 Å². The molecular weight excluding hydrogens is 292 g/mol. The van der Waals surface area contributed by atoms with Crippen LogP contribution in [0.3, 0.4) is 0 Å². The average Bonchev–Trinajstić information content (AvgIpc) is 2.77. The van der Waals surface area contributed by atoms with Gasteiger partial charge in [0.25, 0.3) is 0 Å². The first kappa shape index (κ1) is 15.5. The SMILES string of the molecule is Cc1noc(C)c1S(=O)(=O)NC(C)COc1ccccc1. The van der Waals surface area contributed by atoms with E-state index in [4.69, 9.17) is 9.26 Å². The van der Waals surface area contributed by atoms with E-state index in [1.165, 1.54) is 0 Å². The van der Waals surface area contributed by atoms with Crippen molar-refractivity contribution in [3.05, 3.63) is 41.8 Å². The predicted octanol–water partition coefficient (Wildman–Crippen LogP) is 2.04. The molecule has 0 saturated carbocycles. The molecular formula is C14H18N2O4S. The number of nitrogens with zero attached hydrogens (tertiary/aromatic N) is 1. The van der Waals surface area contributed by atoms with Gasteiger partial charge in [0.15, 0.2) is 5.76 Å². The van der Waals surface area contributed by atoms with E-state index < -0.39 is 10.0 Å². The lowest BCUT2D eigenvalue weighted by atomic mass is 10.3. The molecule has 1 heterocycles. The lowest BCUT2D eigenvalue weighted by Gasteiger charge is -2.15. The van der Waals surface area contributed by atoms with Gasteiger partial charge in [0.05, 0.1) is 6.04 Å². The van der Waals surface area contributed by atoms with Gasteiger partial charge in [-0.1, -0.05) is 23.4 Å². The van der Waals surface area contributed by atoms with E-state index in [-0.39, 0.29) is 23.3 Å². The van der Waals surface area contributed by atoms with Crippen LogP contribution in [0, 0.1) is 13.8 Å². The van der Waals surface area contributed by atoms with E-state index in [1.54, 1.807) is 20.8 Å². The smallest absolute Gasteiger partial charge is 0.246 e. The molecule has 1 unspecified atom stereocenters. The van der Waals surface area contributed by atoms with Gasteiger partial charge in [0, 0.05) is 0 Å². The van der Waals surface area contributed by atoms with Crippen molar-refractivity contribution in [2.45, 2.75) is 31.7 Å². The molecule has 1 atom stereocenters. The third-order valence-corrected chi connectivity index (χ3v) is 4.67. The zero-order chi connectivity index (χ0) is 15.5. The summed E-state index contributed by atoms with van der Waals surface area (Å²) < 4.78 is 37.6. The second-order valence-electron chi connectivity index (χ2n) is 4.80. The Morgan fingerprint density at radius 3 is 2.52 bits per heavy atom. The van der Waals surface area contributed by atoms with Crippen LogP contribution in [0.25, 0.3) is 0 Å². The number of ether oxygens (including phenoxy) is 1. The van der Waals surface area contributed by atoms with Gasteiger partial charge in [-0.15, -0.1) is 0 Å². The number of nitrogens with one attached hydrogen (secondary N) is 1. The molecule has 7 heteroatoms. The van der Waals surface area contributed by atoms with Crippen LogP contribution in [0.2, 0.25) is 0 Å². The van der Waals surface area contributed by atoms with E-state index in [0.29, 0.717) is 11.4 Å². The van der Waals surface area contributed by atoms with Gasteiger partial charge < -0.3 is 9.26 Å². The van der Waals surface area contributed by atoms with Gasteiger partial charge >= 0.3 is 0 Å². The lowest BCUT2D eigenvalue weighted by molar-refractivity contribution is 0.287. The standard InChI is InChI=1S/C14H18N2O4S/c1-10(9-19-13-7-5-4-6-8-13)16-21(17,18)14-11(2)15-20-12(14)3/h4-8,10,16H,9H2,1-3H3. The van der Waals surface area contributed by atoms with Crippen molar-refractivity contribution >= 4 is 10.0 Å². The normalized spacial score (nSPS) is 13.1. The van der Waals surface area contributed by atoms with Crippen molar-refractivity contribution in [2.24, 2.45) is 0 Å². The number of sulfonamides is 1. The molecule has 0 amide bonds. The van der Waals surface area contributed by atoms with Gasteiger partial charge in [0.1, 0.15) is 22.9 Å². The van der Waals surface area contributed by atoms with Crippen molar-refractivity contribution in [2.75, 3.05) is 6.61 Å². The molecule has 0 aliphatic rings. The van der Waals surface area contributed by atoms with Crippen molar-refractivity contribution < 1.29 is 17.7 Å². The van der Waals surface area contributed by atoms with Crippen molar-refractivity contribution in [1.29, 1.82) is 0 Å². The Morgan fingerprint density at radius 1 is 1.29 bits per heavy atom. The summed E-state index contributed by atoms with van der Waals surface area (Å²) in [4.78, 5) is 0.0917.